The van der Waals surface area contributed by atoms with Gasteiger partial charge in [-0.25, -0.2) is 9.07 Å². The molecule has 0 bridgehead atoms. The van der Waals surface area contributed by atoms with Crippen molar-refractivity contribution >= 4 is 16.8 Å². The summed E-state index contributed by atoms with van der Waals surface area (Å²) in [5.41, 5.74) is 6.04. The first-order valence-electron chi connectivity index (χ1n) is 12.5. The molecule has 3 heterocycles. The largest absolute Gasteiger partial charge is 0.336 e. The van der Waals surface area contributed by atoms with Crippen LogP contribution in [0.25, 0.3) is 16.6 Å². The van der Waals surface area contributed by atoms with Crippen LogP contribution in [0, 0.1) is 18.7 Å². The van der Waals surface area contributed by atoms with E-state index in [1.54, 1.807) is 29.1 Å². The molecule has 1 amide bonds. The van der Waals surface area contributed by atoms with Gasteiger partial charge in [0.25, 0.3) is 5.91 Å². The molecule has 37 heavy (non-hydrogen) atoms. The van der Waals surface area contributed by atoms with Gasteiger partial charge in [0.15, 0.2) is 0 Å². The number of likely N-dealkylation sites (tertiary alicyclic amines) is 1. The number of aromatic nitrogens is 4. The third-order valence-corrected chi connectivity index (χ3v) is 8.35. The van der Waals surface area contributed by atoms with E-state index in [0.717, 1.165) is 23.1 Å². The maximum Gasteiger partial charge on any atom is 0.272 e. The molecule has 3 atom stereocenters. The Balaban J connectivity index is 1.31. The maximum atomic E-state index is 13.5. The number of aryl methyl sites for hydroxylation is 2. The zero-order valence-corrected chi connectivity index (χ0v) is 20.7. The van der Waals surface area contributed by atoms with Gasteiger partial charge < -0.3 is 4.90 Å². The summed E-state index contributed by atoms with van der Waals surface area (Å²) in [6.45, 7) is 3.53. The van der Waals surface area contributed by atoms with E-state index in [0.29, 0.717) is 24.1 Å². The average molecular weight is 492 g/mol. The Labute approximate surface area is 213 Å². The Morgan fingerprint density at radius 2 is 1.81 bits per heavy atom. The normalized spacial score (nSPS) is 22.4. The van der Waals surface area contributed by atoms with Crippen molar-refractivity contribution in [1.82, 2.24) is 24.5 Å². The third-order valence-electron chi connectivity index (χ3n) is 8.35. The molecule has 3 aromatic carbocycles. The number of amides is 1. The fraction of sp³-hybridized carbons (Fsp3) is 0.233. The Hall–Kier alpha value is -4.26. The zero-order valence-electron chi connectivity index (χ0n) is 20.7. The number of hydrogen-bond acceptors (Lipinski definition) is 3. The van der Waals surface area contributed by atoms with Gasteiger partial charge in [0.2, 0.25) is 0 Å². The van der Waals surface area contributed by atoms with E-state index in [9.17, 15) is 9.18 Å². The predicted octanol–water partition coefficient (Wildman–Crippen LogP) is 5.01. The van der Waals surface area contributed by atoms with Crippen molar-refractivity contribution in [3.8, 4) is 5.69 Å². The molecule has 0 unspecified atom stereocenters. The summed E-state index contributed by atoms with van der Waals surface area (Å²) in [5, 5.41) is 9.86. The molecule has 1 saturated carbocycles. The lowest BCUT2D eigenvalue weighted by atomic mass is 9.86. The van der Waals surface area contributed by atoms with Gasteiger partial charge in [0, 0.05) is 43.1 Å². The second-order valence-corrected chi connectivity index (χ2v) is 10.3. The fourth-order valence-electron chi connectivity index (χ4n) is 6.63. The summed E-state index contributed by atoms with van der Waals surface area (Å²) in [7, 11) is 1.81. The third kappa shape index (κ3) is 3.19. The Morgan fingerprint density at radius 1 is 1.03 bits per heavy atom. The lowest BCUT2D eigenvalue weighted by Gasteiger charge is -2.26. The number of piperidine rings is 1. The van der Waals surface area contributed by atoms with Crippen LogP contribution in [0.15, 0.2) is 85.2 Å². The highest BCUT2D eigenvalue weighted by molar-refractivity contribution is 5.93. The molecule has 2 fully saturated rings. The van der Waals surface area contributed by atoms with Gasteiger partial charge in [-0.15, -0.1) is 0 Å². The van der Waals surface area contributed by atoms with E-state index < -0.39 is 0 Å². The van der Waals surface area contributed by atoms with Crippen LogP contribution in [0.4, 0.5) is 4.39 Å². The molecular formula is C30H26FN5O. The molecule has 0 radical (unpaired) electrons. The van der Waals surface area contributed by atoms with Crippen LogP contribution in [0.3, 0.4) is 0 Å². The number of hydrogen-bond donors (Lipinski definition) is 0. The van der Waals surface area contributed by atoms with Gasteiger partial charge >= 0.3 is 0 Å². The Morgan fingerprint density at radius 3 is 2.54 bits per heavy atom. The molecule has 1 aliphatic heterocycles. The van der Waals surface area contributed by atoms with E-state index >= 15 is 0 Å². The van der Waals surface area contributed by atoms with Crippen molar-refractivity contribution in [2.45, 2.75) is 18.3 Å². The highest BCUT2D eigenvalue weighted by atomic mass is 19.1. The van der Waals surface area contributed by atoms with Gasteiger partial charge in [0.1, 0.15) is 11.5 Å². The number of carbonyl (C=O) groups excluding carboxylic acids is 1. The molecule has 7 rings (SSSR count). The highest BCUT2D eigenvalue weighted by Crippen LogP contribution is 2.69. The Bertz CT molecular complexity index is 1650. The SMILES string of the molecule is Cc1cc2c(cnn2-c2ccc(F)cc2)cc1[C@@]12CN(C(=O)c3ccnn3C)C[C@@H]1[C@H]2c1ccccc1. The molecule has 2 aromatic heterocycles. The van der Waals surface area contributed by atoms with Crippen LogP contribution in [0.5, 0.6) is 0 Å². The van der Waals surface area contributed by atoms with Crippen LogP contribution >= 0.6 is 0 Å². The first-order valence-corrected chi connectivity index (χ1v) is 12.5. The molecular weight excluding hydrogens is 465 g/mol. The smallest absolute Gasteiger partial charge is 0.272 e. The Kier molecular flexibility index (Phi) is 4.67. The molecule has 0 spiro atoms. The minimum atomic E-state index is -0.268. The van der Waals surface area contributed by atoms with Gasteiger partial charge in [0.05, 0.1) is 17.4 Å². The summed E-state index contributed by atoms with van der Waals surface area (Å²) >= 11 is 0. The van der Waals surface area contributed by atoms with Crippen molar-refractivity contribution in [2.75, 3.05) is 13.1 Å². The fourth-order valence-corrected chi connectivity index (χ4v) is 6.63. The van der Waals surface area contributed by atoms with Crippen molar-refractivity contribution in [3.05, 3.63) is 113 Å². The number of rotatable bonds is 4. The number of halogens is 1. The molecule has 1 aliphatic carbocycles. The topological polar surface area (TPSA) is 56.0 Å². The quantitative estimate of drug-likeness (QED) is 0.355. The first kappa shape index (κ1) is 22.0. The summed E-state index contributed by atoms with van der Waals surface area (Å²) in [4.78, 5) is 15.4. The van der Waals surface area contributed by atoms with E-state index in [1.807, 2.05) is 28.9 Å². The van der Waals surface area contributed by atoms with E-state index in [-0.39, 0.29) is 17.1 Å². The van der Waals surface area contributed by atoms with Gasteiger partial charge in [-0.2, -0.15) is 10.2 Å². The highest BCUT2D eigenvalue weighted by Gasteiger charge is 2.71. The summed E-state index contributed by atoms with van der Waals surface area (Å²) in [6.07, 6.45) is 3.55. The van der Waals surface area contributed by atoms with E-state index in [1.165, 1.54) is 28.8 Å². The number of nitrogens with zero attached hydrogens (tertiary/aromatic N) is 5. The molecule has 184 valence electrons. The van der Waals surface area contributed by atoms with Crippen molar-refractivity contribution in [1.29, 1.82) is 0 Å². The molecule has 7 heteroatoms. The summed E-state index contributed by atoms with van der Waals surface area (Å²) < 4.78 is 17.0. The molecule has 1 saturated heterocycles. The maximum absolute atomic E-state index is 13.5. The van der Waals surface area contributed by atoms with Crippen LogP contribution in [-0.4, -0.2) is 43.5 Å². The number of benzene rings is 3. The molecule has 0 N–H and O–H groups in total. The monoisotopic (exact) mass is 491 g/mol. The van der Waals surface area contributed by atoms with Gasteiger partial charge in [-0.05, 0) is 72.0 Å². The lowest BCUT2D eigenvalue weighted by molar-refractivity contribution is 0.0758. The molecule has 5 aromatic rings. The number of fused-ring (bicyclic) bond motifs is 2. The molecule has 6 nitrogen and oxygen atoms in total. The summed E-state index contributed by atoms with van der Waals surface area (Å²) in [5.74, 6) is 0.458. The first-order chi connectivity index (χ1) is 18.0. The second kappa shape index (κ2) is 7.87. The lowest BCUT2D eigenvalue weighted by Crippen LogP contribution is -2.35. The minimum Gasteiger partial charge on any atom is -0.336 e. The standard InChI is InChI=1S/C30H26FN5O/c1-19-14-27-21(16-33-36(27)23-10-8-22(31)9-11-23)15-24(19)30-18-35(29(37)26-12-13-32-34(26)2)17-25(30)28(30)20-6-4-3-5-7-20/h3-16,25,28H,17-18H2,1-2H3/t25-,28-,30+/m1/s1. The predicted molar refractivity (Wildman–Crippen MR) is 139 cm³/mol. The van der Waals surface area contributed by atoms with Crippen molar-refractivity contribution < 1.29 is 9.18 Å². The summed E-state index contributed by atoms with van der Waals surface area (Å²) in [6, 6.07) is 23.3. The van der Waals surface area contributed by atoms with Crippen molar-refractivity contribution in [2.24, 2.45) is 13.0 Å². The van der Waals surface area contributed by atoms with Crippen molar-refractivity contribution in [3.63, 3.8) is 0 Å². The van der Waals surface area contributed by atoms with Gasteiger partial charge in [-0.1, -0.05) is 30.3 Å². The molecule has 2 aliphatic rings. The second-order valence-electron chi connectivity index (χ2n) is 10.3. The van der Waals surface area contributed by atoms with E-state index in [4.69, 9.17) is 0 Å². The van der Waals surface area contributed by atoms with Crippen LogP contribution in [0.2, 0.25) is 0 Å². The van der Waals surface area contributed by atoms with E-state index in [2.05, 4.69) is 53.5 Å². The van der Waals surface area contributed by atoms with Gasteiger partial charge in [-0.3, -0.25) is 9.48 Å². The van der Waals surface area contributed by atoms with Crippen LogP contribution in [0.1, 0.15) is 33.1 Å². The number of carbonyl (C=O) groups is 1. The van der Waals surface area contributed by atoms with Crippen LogP contribution < -0.4 is 0 Å². The van der Waals surface area contributed by atoms with Crippen LogP contribution in [-0.2, 0) is 12.5 Å². The minimum absolute atomic E-state index is 0.0289. The zero-order chi connectivity index (χ0) is 25.3. The average Bonchev–Trinajstić information content (AvgIpc) is 3.32.